The third-order valence-electron chi connectivity index (χ3n) is 3.00. The maximum absolute atomic E-state index is 9.09. The van der Waals surface area contributed by atoms with Crippen LogP contribution in [0.25, 0.3) is 0 Å². The van der Waals surface area contributed by atoms with Crippen LogP contribution in [0.1, 0.15) is 38.9 Å². The van der Waals surface area contributed by atoms with E-state index in [1.807, 2.05) is 0 Å². The molecule has 0 saturated carbocycles. The topological polar surface area (TPSA) is 80.4 Å². The van der Waals surface area contributed by atoms with Crippen molar-refractivity contribution in [1.29, 1.82) is 0 Å². The van der Waals surface area contributed by atoms with Crippen molar-refractivity contribution < 1.29 is 14.4 Å². The highest BCUT2D eigenvalue weighted by Crippen LogP contribution is 2.21. The van der Waals surface area contributed by atoms with Crippen LogP contribution < -0.4 is 5.32 Å². The summed E-state index contributed by atoms with van der Waals surface area (Å²) < 4.78 is 10.1. The van der Waals surface area contributed by atoms with E-state index in [0.717, 1.165) is 0 Å². The first-order valence-corrected chi connectivity index (χ1v) is 6.62. The van der Waals surface area contributed by atoms with Crippen molar-refractivity contribution in [3.05, 3.63) is 11.7 Å². The average Bonchev–Trinajstić information content (AvgIpc) is 2.78. The fraction of sp³-hybridized carbons (Fsp3) is 0.846. The number of hydrogen-bond acceptors (Lipinski definition) is 6. The monoisotopic (exact) mass is 271 g/mol. The van der Waals surface area contributed by atoms with Crippen LogP contribution in [0.3, 0.4) is 0 Å². The molecule has 2 N–H and O–H groups in total. The molecule has 0 aromatic carbocycles. The Balaban J connectivity index is 2.47. The van der Waals surface area contributed by atoms with Gasteiger partial charge in [0.25, 0.3) is 0 Å². The average molecular weight is 271 g/mol. The van der Waals surface area contributed by atoms with Gasteiger partial charge in [0.2, 0.25) is 5.89 Å². The number of ether oxygens (including phenoxy) is 1. The van der Waals surface area contributed by atoms with E-state index in [1.165, 1.54) is 0 Å². The maximum Gasteiger partial charge on any atom is 0.240 e. The molecule has 6 heteroatoms. The second-order valence-corrected chi connectivity index (χ2v) is 5.66. The molecule has 0 unspecified atom stereocenters. The van der Waals surface area contributed by atoms with E-state index in [0.29, 0.717) is 37.7 Å². The van der Waals surface area contributed by atoms with Crippen LogP contribution in [-0.2, 0) is 17.7 Å². The fourth-order valence-electron chi connectivity index (χ4n) is 1.84. The van der Waals surface area contributed by atoms with Gasteiger partial charge < -0.3 is 19.7 Å². The Hall–Kier alpha value is -0.980. The molecule has 1 aromatic heterocycles. The minimum Gasteiger partial charge on any atom is -0.396 e. The van der Waals surface area contributed by atoms with E-state index in [9.17, 15) is 0 Å². The molecule has 0 aliphatic heterocycles. The summed E-state index contributed by atoms with van der Waals surface area (Å²) in [6.45, 7) is 7.68. The van der Waals surface area contributed by atoms with E-state index < -0.39 is 0 Å². The van der Waals surface area contributed by atoms with Gasteiger partial charge in [-0.3, -0.25) is 0 Å². The SMILES string of the molecule is COCCc1noc(CN[C@H](CCO)C(C)(C)C)n1. The normalized spacial score (nSPS) is 13.7. The Morgan fingerprint density at radius 3 is 2.74 bits per heavy atom. The first-order chi connectivity index (χ1) is 8.97. The zero-order valence-corrected chi connectivity index (χ0v) is 12.3. The van der Waals surface area contributed by atoms with Crippen LogP contribution in [-0.4, -0.2) is 41.6 Å². The third-order valence-corrected chi connectivity index (χ3v) is 3.00. The second-order valence-electron chi connectivity index (χ2n) is 5.66. The van der Waals surface area contributed by atoms with Crippen molar-refractivity contribution >= 4 is 0 Å². The van der Waals surface area contributed by atoms with Crippen molar-refractivity contribution in [3.8, 4) is 0 Å². The largest absolute Gasteiger partial charge is 0.396 e. The van der Waals surface area contributed by atoms with Crippen LogP contribution in [0.4, 0.5) is 0 Å². The predicted octanol–water partition coefficient (Wildman–Crippen LogP) is 1.15. The quantitative estimate of drug-likeness (QED) is 0.738. The van der Waals surface area contributed by atoms with Gasteiger partial charge in [0.15, 0.2) is 5.82 Å². The molecule has 6 nitrogen and oxygen atoms in total. The number of rotatable bonds is 8. The lowest BCUT2D eigenvalue weighted by Crippen LogP contribution is -2.40. The molecule has 1 aromatic rings. The number of nitrogens with one attached hydrogen (secondary N) is 1. The van der Waals surface area contributed by atoms with Crippen molar-refractivity contribution in [2.24, 2.45) is 5.41 Å². The van der Waals surface area contributed by atoms with Gasteiger partial charge >= 0.3 is 0 Å². The highest BCUT2D eigenvalue weighted by atomic mass is 16.5. The summed E-state index contributed by atoms with van der Waals surface area (Å²) in [5, 5.41) is 16.3. The summed E-state index contributed by atoms with van der Waals surface area (Å²) in [6.07, 6.45) is 1.35. The standard InChI is InChI=1S/C13H25N3O3/c1-13(2,3)10(5-7-17)14-9-12-15-11(16-19-12)6-8-18-4/h10,14,17H,5-9H2,1-4H3/t10-/m1/s1. The zero-order valence-electron chi connectivity index (χ0n) is 12.3. The molecule has 0 radical (unpaired) electrons. The van der Waals surface area contributed by atoms with Crippen molar-refractivity contribution in [1.82, 2.24) is 15.5 Å². The Morgan fingerprint density at radius 1 is 1.42 bits per heavy atom. The molecule has 0 fully saturated rings. The first-order valence-electron chi connectivity index (χ1n) is 6.62. The first kappa shape index (κ1) is 16.1. The van der Waals surface area contributed by atoms with Crippen molar-refractivity contribution in [2.75, 3.05) is 20.3 Å². The van der Waals surface area contributed by atoms with Crippen LogP contribution >= 0.6 is 0 Å². The summed E-state index contributed by atoms with van der Waals surface area (Å²) in [5.74, 6) is 1.23. The van der Waals surface area contributed by atoms with E-state index in [-0.39, 0.29) is 18.1 Å². The number of aliphatic hydroxyl groups excluding tert-OH is 1. The molecule has 0 aliphatic carbocycles. The molecule has 0 spiro atoms. The van der Waals surface area contributed by atoms with Crippen LogP contribution in [0.2, 0.25) is 0 Å². The molecular formula is C13H25N3O3. The Bertz CT molecular complexity index is 360. The lowest BCUT2D eigenvalue weighted by Gasteiger charge is -2.30. The second kappa shape index (κ2) is 7.57. The van der Waals surface area contributed by atoms with Gasteiger partial charge in [-0.2, -0.15) is 4.98 Å². The van der Waals surface area contributed by atoms with Gasteiger partial charge in [0.1, 0.15) is 0 Å². The summed E-state index contributed by atoms with van der Waals surface area (Å²) in [7, 11) is 1.64. The van der Waals surface area contributed by atoms with Gasteiger partial charge in [-0.1, -0.05) is 25.9 Å². The molecular weight excluding hydrogens is 246 g/mol. The van der Waals surface area contributed by atoms with Crippen LogP contribution in [0, 0.1) is 5.41 Å². The van der Waals surface area contributed by atoms with Gasteiger partial charge in [-0.15, -0.1) is 0 Å². The lowest BCUT2D eigenvalue weighted by atomic mass is 9.85. The molecule has 110 valence electrons. The molecule has 19 heavy (non-hydrogen) atoms. The highest BCUT2D eigenvalue weighted by molar-refractivity contribution is 4.88. The fourth-order valence-corrected chi connectivity index (χ4v) is 1.84. The minimum absolute atomic E-state index is 0.0711. The molecule has 0 saturated heterocycles. The third kappa shape index (κ3) is 5.67. The predicted molar refractivity (Wildman–Crippen MR) is 71.7 cm³/mol. The lowest BCUT2D eigenvalue weighted by molar-refractivity contribution is 0.191. The van der Waals surface area contributed by atoms with Crippen molar-refractivity contribution in [2.45, 2.75) is 46.2 Å². The maximum atomic E-state index is 9.09. The molecule has 1 atom stereocenters. The summed E-state index contributed by atoms with van der Waals surface area (Å²) in [5.41, 5.74) is 0.0711. The van der Waals surface area contributed by atoms with E-state index in [4.69, 9.17) is 14.4 Å². The minimum atomic E-state index is 0.0711. The number of hydrogen-bond donors (Lipinski definition) is 2. The van der Waals surface area contributed by atoms with E-state index in [1.54, 1.807) is 7.11 Å². The van der Waals surface area contributed by atoms with E-state index >= 15 is 0 Å². The van der Waals surface area contributed by atoms with Crippen LogP contribution in [0.5, 0.6) is 0 Å². The zero-order chi connectivity index (χ0) is 14.3. The van der Waals surface area contributed by atoms with Crippen molar-refractivity contribution in [3.63, 3.8) is 0 Å². The summed E-state index contributed by atoms with van der Waals surface area (Å²) in [4.78, 5) is 4.28. The molecule has 1 rings (SSSR count). The van der Waals surface area contributed by atoms with Crippen LogP contribution in [0.15, 0.2) is 4.52 Å². The highest BCUT2D eigenvalue weighted by Gasteiger charge is 2.24. The summed E-state index contributed by atoms with van der Waals surface area (Å²) in [6, 6.07) is 0.201. The number of aromatic nitrogens is 2. The van der Waals surface area contributed by atoms with E-state index in [2.05, 4.69) is 36.2 Å². The number of nitrogens with zero attached hydrogens (tertiary/aromatic N) is 2. The van der Waals surface area contributed by atoms with Gasteiger partial charge in [-0.05, 0) is 11.8 Å². The Kier molecular flexibility index (Phi) is 6.41. The number of methoxy groups -OCH3 is 1. The van der Waals surface area contributed by atoms with Gasteiger partial charge in [0, 0.05) is 26.2 Å². The number of aliphatic hydroxyl groups is 1. The smallest absolute Gasteiger partial charge is 0.240 e. The Labute approximate surface area is 114 Å². The summed E-state index contributed by atoms with van der Waals surface area (Å²) >= 11 is 0. The van der Waals surface area contributed by atoms with Gasteiger partial charge in [0.05, 0.1) is 13.2 Å². The Morgan fingerprint density at radius 2 is 2.16 bits per heavy atom. The molecule has 0 aliphatic rings. The van der Waals surface area contributed by atoms with Gasteiger partial charge in [-0.25, -0.2) is 0 Å². The molecule has 0 amide bonds. The molecule has 1 heterocycles. The molecule has 0 bridgehead atoms.